The van der Waals surface area contributed by atoms with Crippen LogP contribution >= 0.6 is 0 Å². The van der Waals surface area contributed by atoms with Crippen LogP contribution in [0.5, 0.6) is 0 Å². The van der Waals surface area contributed by atoms with E-state index in [9.17, 15) is 9.18 Å². The van der Waals surface area contributed by atoms with E-state index < -0.39 is 0 Å². The van der Waals surface area contributed by atoms with Crippen LogP contribution in [0.25, 0.3) is 10.9 Å². The summed E-state index contributed by atoms with van der Waals surface area (Å²) in [5, 5.41) is 0.930. The second kappa shape index (κ2) is 8.44. The van der Waals surface area contributed by atoms with E-state index in [1.807, 2.05) is 12.3 Å². The molecule has 1 saturated carbocycles. The summed E-state index contributed by atoms with van der Waals surface area (Å²) in [6, 6.07) is 15.1. The van der Waals surface area contributed by atoms with E-state index in [4.69, 9.17) is 0 Å². The molecule has 29 heavy (non-hydrogen) atoms. The fourth-order valence-electron chi connectivity index (χ4n) is 4.76. The lowest BCUT2D eigenvalue weighted by molar-refractivity contribution is -0.123. The van der Waals surface area contributed by atoms with Gasteiger partial charge in [-0.2, -0.15) is 0 Å². The minimum absolute atomic E-state index is 0.0869. The summed E-state index contributed by atoms with van der Waals surface area (Å²) in [5.74, 6) is 1.07. The summed E-state index contributed by atoms with van der Waals surface area (Å²) in [6.07, 6.45) is 6.53. The van der Waals surface area contributed by atoms with Crippen molar-refractivity contribution in [1.82, 2.24) is 4.98 Å². The molecule has 0 radical (unpaired) electrons. The molecule has 3 aromatic rings. The van der Waals surface area contributed by atoms with Gasteiger partial charge in [-0.3, -0.25) is 9.78 Å². The number of benzene rings is 2. The Hall–Kier alpha value is -2.55. The van der Waals surface area contributed by atoms with Crippen LogP contribution in [0.2, 0.25) is 0 Å². The first-order valence-corrected chi connectivity index (χ1v) is 10.6. The quantitative estimate of drug-likeness (QED) is 0.505. The lowest BCUT2D eigenvalue weighted by atomic mass is 9.72. The Kier molecular flexibility index (Phi) is 5.75. The summed E-state index contributed by atoms with van der Waals surface area (Å²) in [5.41, 5.74) is 4.38. The van der Waals surface area contributed by atoms with Crippen molar-refractivity contribution in [1.29, 1.82) is 0 Å². The van der Waals surface area contributed by atoms with Crippen molar-refractivity contribution in [2.24, 2.45) is 11.8 Å². The Morgan fingerprint density at radius 1 is 1.07 bits per heavy atom. The van der Waals surface area contributed by atoms with E-state index in [2.05, 4.69) is 43.1 Å². The average Bonchev–Trinajstić information content (AvgIpc) is 2.74. The van der Waals surface area contributed by atoms with Crippen molar-refractivity contribution in [2.75, 3.05) is 0 Å². The van der Waals surface area contributed by atoms with Crippen LogP contribution in [0.1, 0.15) is 55.2 Å². The maximum atomic E-state index is 13.8. The number of halogens is 1. The largest absolute Gasteiger partial charge is 0.299 e. The number of aromatic nitrogens is 1. The third-order valence-corrected chi connectivity index (χ3v) is 6.66. The van der Waals surface area contributed by atoms with Gasteiger partial charge in [-0.15, -0.1) is 0 Å². The topological polar surface area (TPSA) is 30.0 Å². The highest BCUT2D eigenvalue weighted by atomic mass is 19.1. The fraction of sp³-hybridized carbons (Fsp3) is 0.385. The molecule has 1 aromatic heterocycles. The molecule has 0 bridgehead atoms. The van der Waals surface area contributed by atoms with Crippen molar-refractivity contribution in [3.05, 3.63) is 77.2 Å². The molecule has 0 aliphatic heterocycles. The zero-order chi connectivity index (χ0) is 20.4. The summed E-state index contributed by atoms with van der Waals surface area (Å²) in [6.45, 7) is 4.16. The predicted octanol–water partition coefficient (Wildman–Crippen LogP) is 6.40. The Morgan fingerprint density at radius 2 is 1.79 bits per heavy atom. The highest BCUT2D eigenvalue weighted by Gasteiger charge is 2.30. The number of Topliss-reactive ketones (excluding diaryl/α,β-unsaturated/α-hetero) is 1. The Bertz CT molecular complexity index is 1000. The summed E-state index contributed by atoms with van der Waals surface area (Å²) in [4.78, 5) is 17.2. The van der Waals surface area contributed by atoms with E-state index in [0.29, 0.717) is 24.0 Å². The minimum atomic E-state index is -0.212. The molecule has 0 saturated heterocycles. The first-order valence-electron chi connectivity index (χ1n) is 10.6. The third-order valence-electron chi connectivity index (χ3n) is 6.66. The van der Waals surface area contributed by atoms with Gasteiger partial charge in [0.25, 0.3) is 0 Å². The first kappa shape index (κ1) is 19.8. The van der Waals surface area contributed by atoms with Crippen molar-refractivity contribution in [3.8, 4) is 0 Å². The summed E-state index contributed by atoms with van der Waals surface area (Å²) >= 11 is 0. The molecule has 1 aliphatic rings. The second-order valence-electron chi connectivity index (χ2n) is 8.59. The van der Waals surface area contributed by atoms with Crippen molar-refractivity contribution >= 4 is 16.7 Å². The molecule has 3 heteroatoms. The molecule has 1 atom stereocenters. The third kappa shape index (κ3) is 4.39. The molecule has 0 N–H and O–H groups in total. The summed E-state index contributed by atoms with van der Waals surface area (Å²) in [7, 11) is 0. The molecule has 1 aliphatic carbocycles. The molecule has 2 aromatic carbocycles. The van der Waals surface area contributed by atoms with E-state index >= 15 is 0 Å². The SMILES string of the molecule is Cc1ccc(CC(=O)C(C)C2CCC(c3ccnc4ccc(F)cc34)CC2)cc1. The normalized spacial score (nSPS) is 20.5. The molecule has 150 valence electrons. The fourth-order valence-corrected chi connectivity index (χ4v) is 4.76. The zero-order valence-corrected chi connectivity index (χ0v) is 17.2. The van der Waals surface area contributed by atoms with Crippen molar-refractivity contribution in [3.63, 3.8) is 0 Å². The second-order valence-corrected chi connectivity index (χ2v) is 8.59. The van der Waals surface area contributed by atoms with Crippen LogP contribution in [0.15, 0.2) is 54.7 Å². The zero-order valence-electron chi connectivity index (χ0n) is 17.2. The van der Waals surface area contributed by atoms with E-state index in [-0.39, 0.29) is 11.7 Å². The number of rotatable bonds is 5. The van der Waals surface area contributed by atoms with Crippen LogP contribution in [-0.2, 0) is 11.2 Å². The number of aryl methyl sites for hydroxylation is 1. The van der Waals surface area contributed by atoms with Gasteiger partial charge in [-0.1, -0.05) is 36.8 Å². The number of ketones is 1. The number of hydrogen-bond acceptors (Lipinski definition) is 2. The van der Waals surface area contributed by atoms with E-state index in [0.717, 1.165) is 42.1 Å². The van der Waals surface area contributed by atoms with E-state index in [1.54, 1.807) is 12.1 Å². The number of pyridine rings is 1. The van der Waals surface area contributed by atoms with E-state index in [1.165, 1.54) is 17.2 Å². The molecule has 0 spiro atoms. The standard InChI is InChI=1S/C26H28FNO/c1-17-3-5-19(6-4-17)15-26(29)18(2)20-7-9-21(10-8-20)23-13-14-28-25-12-11-22(27)16-24(23)25/h3-6,11-14,16,18,20-21H,7-10,15H2,1-2H3. The molecule has 1 heterocycles. The summed E-state index contributed by atoms with van der Waals surface area (Å²) < 4.78 is 13.8. The monoisotopic (exact) mass is 389 g/mol. The Labute approximate surface area is 172 Å². The average molecular weight is 390 g/mol. The number of hydrogen-bond donors (Lipinski definition) is 0. The maximum Gasteiger partial charge on any atom is 0.140 e. The minimum Gasteiger partial charge on any atom is -0.299 e. The van der Waals surface area contributed by atoms with Gasteiger partial charge < -0.3 is 0 Å². The maximum absolute atomic E-state index is 13.8. The molecular formula is C26H28FNO. The van der Waals surface area contributed by atoms with Gasteiger partial charge in [0.1, 0.15) is 11.6 Å². The molecule has 0 amide bonds. The number of carbonyl (C=O) groups excluding carboxylic acids is 1. The highest BCUT2D eigenvalue weighted by Crippen LogP contribution is 2.41. The van der Waals surface area contributed by atoms with Crippen LogP contribution in [0.3, 0.4) is 0 Å². The molecule has 1 unspecified atom stereocenters. The van der Waals surface area contributed by atoms with Gasteiger partial charge in [-0.25, -0.2) is 4.39 Å². The first-order chi connectivity index (χ1) is 14.0. The number of fused-ring (bicyclic) bond motifs is 1. The van der Waals surface area contributed by atoms with Crippen LogP contribution in [0, 0.1) is 24.6 Å². The lowest BCUT2D eigenvalue weighted by Gasteiger charge is -2.32. The van der Waals surface area contributed by atoms with Gasteiger partial charge in [-0.05, 0) is 79.8 Å². The van der Waals surface area contributed by atoms with Gasteiger partial charge >= 0.3 is 0 Å². The van der Waals surface area contributed by atoms with Gasteiger partial charge in [0, 0.05) is 23.9 Å². The van der Waals surface area contributed by atoms with Crippen LogP contribution in [0.4, 0.5) is 4.39 Å². The molecular weight excluding hydrogens is 361 g/mol. The smallest absolute Gasteiger partial charge is 0.140 e. The van der Waals surface area contributed by atoms with Crippen molar-refractivity contribution < 1.29 is 9.18 Å². The molecule has 4 rings (SSSR count). The highest BCUT2D eigenvalue weighted by molar-refractivity contribution is 5.83. The number of carbonyl (C=O) groups is 1. The lowest BCUT2D eigenvalue weighted by Crippen LogP contribution is -2.26. The van der Waals surface area contributed by atoms with Crippen molar-refractivity contribution in [2.45, 2.75) is 51.9 Å². The Morgan fingerprint density at radius 3 is 2.52 bits per heavy atom. The van der Waals surface area contributed by atoms with Crippen LogP contribution < -0.4 is 0 Å². The Balaban J connectivity index is 1.41. The molecule has 1 fully saturated rings. The van der Waals surface area contributed by atoms with Crippen LogP contribution in [-0.4, -0.2) is 10.8 Å². The predicted molar refractivity (Wildman–Crippen MR) is 115 cm³/mol. The number of nitrogens with zero attached hydrogens (tertiary/aromatic N) is 1. The molecule has 2 nitrogen and oxygen atoms in total. The van der Waals surface area contributed by atoms with Gasteiger partial charge in [0.15, 0.2) is 0 Å². The van der Waals surface area contributed by atoms with Gasteiger partial charge in [0.2, 0.25) is 0 Å². The van der Waals surface area contributed by atoms with Gasteiger partial charge in [0.05, 0.1) is 5.52 Å².